The second kappa shape index (κ2) is 9.09. The molecule has 1 unspecified atom stereocenters. The number of hydrogen-bond acceptors (Lipinski definition) is 8. The van der Waals surface area contributed by atoms with Gasteiger partial charge in [0.25, 0.3) is 0 Å². The highest BCUT2D eigenvalue weighted by atomic mass is 32.1. The molecule has 0 radical (unpaired) electrons. The molecule has 3 aliphatic heterocycles. The summed E-state index contributed by atoms with van der Waals surface area (Å²) < 4.78 is 53.7. The van der Waals surface area contributed by atoms with E-state index >= 15 is 0 Å². The van der Waals surface area contributed by atoms with Crippen molar-refractivity contribution in [3.05, 3.63) is 38.8 Å². The number of aliphatic hydroxyl groups excluding tert-OH is 2. The van der Waals surface area contributed by atoms with Crippen molar-refractivity contribution in [1.29, 1.82) is 0 Å². The van der Waals surface area contributed by atoms with E-state index in [0.717, 1.165) is 16.9 Å². The van der Waals surface area contributed by atoms with Gasteiger partial charge in [-0.05, 0) is 31.7 Å². The number of aliphatic hydroxyl groups is 3. The van der Waals surface area contributed by atoms with Gasteiger partial charge >= 0.3 is 6.18 Å². The summed E-state index contributed by atoms with van der Waals surface area (Å²) in [5, 5.41) is 34.5. The van der Waals surface area contributed by atoms with Crippen LogP contribution in [0.4, 0.5) is 13.2 Å². The fourth-order valence-electron chi connectivity index (χ4n) is 5.44. The predicted octanol–water partition coefficient (Wildman–Crippen LogP) is 2.03. The third-order valence-electron chi connectivity index (χ3n) is 7.48. The van der Waals surface area contributed by atoms with E-state index in [1.807, 2.05) is 13.1 Å². The lowest BCUT2D eigenvalue weighted by Gasteiger charge is -2.47. The van der Waals surface area contributed by atoms with Crippen molar-refractivity contribution in [2.24, 2.45) is 0 Å². The first-order valence-electron chi connectivity index (χ1n) is 11.8. The zero-order chi connectivity index (χ0) is 25.0. The number of likely N-dealkylation sites (tertiary alicyclic amines) is 1. The fourth-order valence-corrected chi connectivity index (χ4v) is 6.85. The summed E-state index contributed by atoms with van der Waals surface area (Å²) in [7, 11) is 0. The van der Waals surface area contributed by atoms with Gasteiger partial charge in [-0.25, -0.2) is 0 Å². The smallest absolute Gasteiger partial charge is 0.392 e. The fraction of sp³-hybridized carbons (Fsp3) is 0.696. The van der Waals surface area contributed by atoms with Crippen LogP contribution in [0.3, 0.4) is 0 Å². The minimum absolute atomic E-state index is 0.00276. The highest BCUT2D eigenvalue weighted by Crippen LogP contribution is 2.51. The van der Waals surface area contributed by atoms with E-state index < -0.39 is 35.0 Å². The Bertz CT molecular complexity index is 1070. The average Bonchev–Trinajstić information content (AvgIpc) is 3.39. The van der Waals surface area contributed by atoms with Crippen molar-refractivity contribution in [1.82, 2.24) is 14.7 Å². The molecule has 3 N–H and O–H groups in total. The molecule has 0 amide bonds. The van der Waals surface area contributed by atoms with Gasteiger partial charge < -0.3 is 24.8 Å². The number of piperidine rings is 1. The van der Waals surface area contributed by atoms with Gasteiger partial charge in [-0.1, -0.05) is 0 Å². The van der Waals surface area contributed by atoms with E-state index in [-0.39, 0.29) is 31.4 Å². The Kier molecular flexibility index (Phi) is 6.52. The zero-order valence-corrected chi connectivity index (χ0v) is 20.2. The number of halogens is 3. The highest BCUT2D eigenvalue weighted by Gasteiger charge is 2.48. The Labute approximate surface area is 204 Å². The quantitative estimate of drug-likeness (QED) is 0.539. The van der Waals surface area contributed by atoms with Crippen LogP contribution in [0.5, 0.6) is 0 Å². The molecule has 3 aliphatic rings. The summed E-state index contributed by atoms with van der Waals surface area (Å²) in [6.07, 6.45) is -0.419. The third-order valence-corrected chi connectivity index (χ3v) is 8.99. The molecule has 35 heavy (non-hydrogen) atoms. The van der Waals surface area contributed by atoms with E-state index in [1.165, 1.54) is 0 Å². The molecule has 194 valence electrons. The summed E-state index contributed by atoms with van der Waals surface area (Å²) >= 11 is 0.729. The Hall–Kier alpha value is -1.54. The molecule has 1 spiro atoms. The van der Waals surface area contributed by atoms with Crippen molar-refractivity contribution in [2.75, 3.05) is 26.4 Å². The van der Waals surface area contributed by atoms with Crippen LogP contribution in [-0.2, 0) is 47.4 Å². The van der Waals surface area contributed by atoms with Crippen molar-refractivity contribution >= 4 is 11.3 Å². The molecule has 0 bridgehead atoms. The number of hydrogen-bond donors (Lipinski definition) is 3. The van der Waals surface area contributed by atoms with Gasteiger partial charge in [0.2, 0.25) is 0 Å². The van der Waals surface area contributed by atoms with Crippen LogP contribution in [0.15, 0.2) is 12.4 Å². The number of nitrogens with zero attached hydrogens (tertiary/aromatic N) is 3. The van der Waals surface area contributed by atoms with Gasteiger partial charge in [-0.15, -0.1) is 11.3 Å². The molecule has 2 saturated heterocycles. The van der Waals surface area contributed by atoms with Crippen molar-refractivity contribution in [2.45, 2.75) is 75.4 Å². The molecule has 8 nitrogen and oxygen atoms in total. The van der Waals surface area contributed by atoms with Gasteiger partial charge in [0.1, 0.15) is 22.2 Å². The molecule has 3 atom stereocenters. The van der Waals surface area contributed by atoms with Crippen LogP contribution in [-0.4, -0.2) is 74.1 Å². The molecule has 5 heterocycles. The van der Waals surface area contributed by atoms with Crippen LogP contribution in [0, 0.1) is 0 Å². The Balaban J connectivity index is 1.28. The first kappa shape index (κ1) is 25.1. The minimum atomic E-state index is -4.50. The van der Waals surface area contributed by atoms with Crippen LogP contribution < -0.4 is 0 Å². The highest BCUT2D eigenvalue weighted by molar-refractivity contribution is 7.12. The summed E-state index contributed by atoms with van der Waals surface area (Å²) in [4.78, 5) is 2.16. The molecule has 0 aromatic carbocycles. The second-order valence-electron chi connectivity index (χ2n) is 9.92. The van der Waals surface area contributed by atoms with Crippen LogP contribution in [0.1, 0.15) is 46.2 Å². The van der Waals surface area contributed by atoms with E-state index in [9.17, 15) is 28.5 Å². The molecular weight excluding hydrogens is 487 g/mol. The summed E-state index contributed by atoms with van der Waals surface area (Å²) in [6.45, 7) is 3.37. The Morgan fingerprint density at radius 2 is 2.11 bits per heavy atom. The van der Waals surface area contributed by atoms with Gasteiger partial charge in [-0.2, -0.15) is 18.3 Å². The first-order chi connectivity index (χ1) is 16.5. The first-order valence-corrected chi connectivity index (χ1v) is 12.6. The summed E-state index contributed by atoms with van der Waals surface area (Å²) in [6, 6.07) is 0.0467. The van der Waals surface area contributed by atoms with Gasteiger partial charge in [0.15, 0.2) is 0 Å². The second-order valence-corrected chi connectivity index (χ2v) is 10.9. The largest absolute Gasteiger partial charge is 0.425 e. The monoisotopic (exact) mass is 517 g/mol. The van der Waals surface area contributed by atoms with Crippen LogP contribution in [0.25, 0.3) is 0 Å². The number of fused-ring (bicyclic) bond motifs is 2. The van der Waals surface area contributed by atoms with Crippen molar-refractivity contribution in [3.63, 3.8) is 0 Å². The van der Waals surface area contributed by atoms with Crippen molar-refractivity contribution in [3.8, 4) is 0 Å². The number of ether oxygens (including phenoxy) is 2. The lowest BCUT2D eigenvalue weighted by Crippen LogP contribution is -2.59. The number of aromatic nitrogens is 2. The molecule has 2 aromatic rings. The normalized spacial score (nSPS) is 27.6. The molecule has 5 rings (SSSR count). The summed E-state index contributed by atoms with van der Waals surface area (Å²) in [5.41, 5.74) is -0.446. The van der Waals surface area contributed by atoms with E-state index in [4.69, 9.17) is 9.47 Å². The Morgan fingerprint density at radius 1 is 1.34 bits per heavy atom. The van der Waals surface area contributed by atoms with Gasteiger partial charge in [0, 0.05) is 41.3 Å². The molecule has 0 saturated carbocycles. The maximum absolute atomic E-state index is 13.6. The minimum Gasteiger partial charge on any atom is -0.392 e. The van der Waals surface area contributed by atoms with Gasteiger partial charge in [0.05, 0.1) is 39.2 Å². The predicted molar refractivity (Wildman–Crippen MR) is 120 cm³/mol. The lowest BCUT2D eigenvalue weighted by molar-refractivity contribution is -0.228. The van der Waals surface area contributed by atoms with Crippen molar-refractivity contribution < 1.29 is 38.0 Å². The topological polar surface area (TPSA) is 100 Å². The van der Waals surface area contributed by atoms with E-state index in [2.05, 4.69) is 10.00 Å². The van der Waals surface area contributed by atoms with Gasteiger partial charge in [-0.3, -0.25) is 9.58 Å². The van der Waals surface area contributed by atoms with Crippen LogP contribution >= 0.6 is 11.3 Å². The molecule has 12 heteroatoms. The molecule has 0 aliphatic carbocycles. The zero-order valence-electron chi connectivity index (χ0n) is 19.4. The van der Waals surface area contributed by atoms with E-state index in [0.29, 0.717) is 49.4 Å². The Morgan fingerprint density at radius 3 is 2.74 bits per heavy atom. The molecular formula is C23H30F3N3O5S. The molecule has 2 fully saturated rings. The summed E-state index contributed by atoms with van der Waals surface area (Å²) in [5.74, 6) is 0. The number of alkyl halides is 3. The maximum Gasteiger partial charge on any atom is 0.425 e. The standard InChI is InChI=1S/C23H30F3N3O5S/c1-14-6-22(19-16(2-5-34-22)17(11-30)20(35-19)23(24,25)26)3-4-28(14)8-15-7-27-29(9-15)10-18(31)21(32)12-33-13-21/h7,9,14,18,30-32H,2-6,8,10-13H2,1H3/t14-,18?,22+/m0/s1. The lowest BCUT2D eigenvalue weighted by atomic mass is 9.81. The number of thiophene rings is 1. The maximum atomic E-state index is 13.6. The number of rotatable bonds is 6. The van der Waals surface area contributed by atoms with E-state index in [1.54, 1.807) is 10.9 Å². The SMILES string of the molecule is C[C@H]1C[C@@]2(CCN1Cc1cnn(CC(O)C3(O)COC3)c1)OCCc1c2sc(C(F)(F)F)c1CO. The van der Waals surface area contributed by atoms with Crippen LogP contribution in [0.2, 0.25) is 0 Å². The molecule has 2 aromatic heterocycles. The third kappa shape index (κ3) is 4.54. The average molecular weight is 518 g/mol.